The van der Waals surface area contributed by atoms with Crippen molar-refractivity contribution in [2.45, 2.75) is 6.92 Å². The smallest absolute Gasteiger partial charge is 0.278 e. The Kier molecular flexibility index (Phi) is 9.87. The van der Waals surface area contributed by atoms with E-state index >= 15 is 0 Å². The number of sulfonamides is 1. The van der Waals surface area contributed by atoms with E-state index in [1.807, 2.05) is 6.07 Å². The molecule has 0 aliphatic carbocycles. The van der Waals surface area contributed by atoms with Crippen LogP contribution in [0.2, 0.25) is 0 Å². The second kappa shape index (κ2) is 13.1. The van der Waals surface area contributed by atoms with Crippen LogP contribution in [-0.2, 0) is 19.6 Å². The number of amides is 1. The number of nitrogens with one attached hydrogen (secondary N) is 3. The Morgan fingerprint density at radius 1 is 1.29 bits per heavy atom. The van der Waals surface area contributed by atoms with Gasteiger partial charge in [-0.2, -0.15) is 0 Å². The van der Waals surface area contributed by atoms with E-state index in [0.29, 0.717) is 43.4 Å². The maximum Gasteiger partial charge on any atom is 0.278 e. The molecule has 0 spiro atoms. The second-order valence-corrected chi connectivity index (χ2v) is 10.3. The molecule has 206 valence electrons. The van der Waals surface area contributed by atoms with Crippen molar-refractivity contribution in [2.75, 3.05) is 67.8 Å². The Balaban J connectivity index is 2.08. The molecule has 3 rings (SSSR count). The summed E-state index contributed by atoms with van der Waals surface area (Å²) in [5.41, 5.74) is 10.5. The molecular weight excluding hydrogens is 512 g/mol. The van der Waals surface area contributed by atoms with E-state index in [-0.39, 0.29) is 23.8 Å². The number of pyridine rings is 1. The first-order valence-corrected chi connectivity index (χ1v) is 13.8. The van der Waals surface area contributed by atoms with Gasteiger partial charge in [0.2, 0.25) is 10.0 Å². The average molecular weight is 547 g/mol. The number of hydrogen-bond donors (Lipinski definition) is 4. The van der Waals surface area contributed by atoms with Gasteiger partial charge in [-0.3, -0.25) is 13.9 Å². The first kappa shape index (κ1) is 28.7. The molecule has 1 aliphatic heterocycles. The molecule has 13 nitrogen and oxygen atoms in total. The van der Waals surface area contributed by atoms with Crippen LogP contribution >= 0.6 is 0 Å². The second-order valence-electron chi connectivity index (χ2n) is 8.27. The van der Waals surface area contributed by atoms with Crippen LogP contribution < -0.4 is 31.1 Å². The van der Waals surface area contributed by atoms with E-state index in [9.17, 15) is 13.2 Å². The molecule has 0 saturated carbocycles. The van der Waals surface area contributed by atoms with Gasteiger partial charge < -0.3 is 26.0 Å². The van der Waals surface area contributed by atoms with Gasteiger partial charge in [0.1, 0.15) is 5.84 Å². The summed E-state index contributed by atoms with van der Waals surface area (Å²) in [6, 6.07) is 6.98. The summed E-state index contributed by atoms with van der Waals surface area (Å²) in [6.45, 7) is 4.55. The molecule has 38 heavy (non-hydrogen) atoms. The third-order valence-electron chi connectivity index (χ3n) is 5.57. The molecule has 1 fully saturated rings. The van der Waals surface area contributed by atoms with Gasteiger partial charge in [-0.25, -0.2) is 23.9 Å². The number of anilines is 4. The monoisotopic (exact) mass is 546 g/mol. The van der Waals surface area contributed by atoms with E-state index < -0.39 is 15.9 Å². The molecule has 1 aliphatic rings. The highest BCUT2D eigenvalue weighted by Gasteiger charge is 2.21. The molecule has 5 N–H and O–H groups in total. The minimum atomic E-state index is -3.60. The lowest BCUT2D eigenvalue weighted by Gasteiger charge is -2.30. The highest BCUT2D eigenvalue weighted by atomic mass is 32.2. The van der Waals surface area contributed by atoms with E-state index in [4.69, 9.17) is 15.3 Å². The van der Waals surface area contributed by atoms with E-state index in [1.165, 1.54) is 17.5 Å². The van der Waals surface area contributed by atoms with Crippen LogP contribution in [0.1, 0.15) is 17.3 Å². The number of hydrogen-bond acceptors (Lipinski definition) is 10. The fourth-order valence-corrected chi connectivity index (χ4v) is 4.06. The summed E-state index contributed by atoms with van der Waals surface area (Å²) in [6.07, 6.45) is 5.64. The fourth-order valence-electron chi connectivity index (χ4n) is 3.55. The molecule has 14 heteroatoms. The minimum absolute atomic E-state index is 0.159. The zero-order valence-corrected chi connectivity index (χ0v) is 22.7. The van der Waals surface area contributed by atoms with E-state index in [2.05, 4.69) is 31.0 Å². The van der Waals surface area contributed by atoms with Crippen LogP contribution in [0.3, 0.4) is 0 Å². The van der Waals surface area contributed by atoms with Crippen molar-refractivity contribution in [1.29, 1.82) is 0 Å². The first-order valence-electron chi connectivity index (χ1n) is 11.9. The highest BCUT2D eigenvalue weighted by Crippen LogP contribution is 2.35. The summed E-state index contributed by atoms with van der Waals surface area (Å²) < 4.78 is 31.6. The Morgan fingerprint density at radius 2 is 2.03 bits per heavy atom. The number of morpholine rings is 1. The van der Waals surface area contributed by atoms with E-state index in [1.54, 1.807) is 44.4 Å². The predicted molar refractivity (Wildman–Crippen MR) is 149 cm³/mol. The molecular formula is C24H34N8O5S. The Hall–Kier alpha value is -3.88. The summed E-state index contributed by atoms with van der Waals surface area (Å²) in [4.78, 5) is 28.5. The lowest BCUT2D eigenvalue weighted by molar-refractivity contribution is 0.0365. The van der Waals surface area contributed by atoms with Gasteiger partial charge in [0.05, 0.1) is 48.7 Å². The number of amidine groups is 1. The number of rotatable bonds is 11. The number of hydroxylamine groups is 1. The summed E-state index contributed by atoms with van der Waals surface area (Å²) in [5, 5.41) is 6.02. The van der Waals surface area contributed by atoms with Gasteiger partial charge in [-0.15, -0.1) is 0 Å². The summed E-state index contributed by atoms with van der Waals surface area (Å²) in [7, 11) is -0.405. The number of carbonyl (C=O) groups excluding carboxylic acids is 1. The van der Waals surface area contributed by atoms with Crippen LogP contribution in [0, 0.1) is 0 Å². The van der Waals surface area contributed by atoms with Crippen molar-refractivity contribution in [3.8, 4) is 0 Å². The summed E-state index contributed by atoms with van der Waals surface area (Å²) in [5.74, 6) is -0.110. The molecule has 0 bridgehead atoms. The Morgan fingerprint density at radius 3 is 2.68 bits per heavy atom. The van der Waals surface area contributed by atoms with Crippen LogP contribution in [0.25, 0.3) is 0 Å². The van der Waals surface area contributed by atoms with Crippen molar-refractivity contribution >= 4 is 50.3 Å². The highest BCUT2D eigenvalue weighted by molar-refractivity contribution is 7.92. The molecule has 0 unspecified atom stereocenters. The zero-order chi connectivity index (χ0) is 27.7. The summed E-state index contributed by atoms with van der Waals surface area (Å²) >= 11 is 0. The minimum Gasteiger partial charge on any atom is -0.394 e. The van der Waals surface area contributed by atoms with Crippen LogP contribution in [0.15, 0.2) is 47.7 Å². The molecule has 1 amide bonds. The standard InChI is InChI=1S/C24H34N8O5S/c1-5-37-30-24(33)18-16-27-23(29-22(25)8-9-26-2)15-20(18)28-19-7-6-17(32-10-12-36-13-11-32)14-21(19)31(3)38(4,34)35/h6-9,14-16,26H,5,10-13H2,1-4H3,(H,30,33)(H3,25,27,28,29)/b9-8-. The van der Waals surface area contributed by atoms with Gasteiger partial charge in [-0.05, 0) is 37.4 Å². The maximum atomic E-state index is 12.8. The SMILES string of the molecule is CCONC(=O)c1cnc(N=C(N)/C=C\NC)cc1Nc1ccc(N2CCOCC2)cc1N(C)S(C)(=O)=O. The number of benzene rings is 1. The largest absolute Gasteiger partial charge is 0.394 e. The van der Waals surface area contributed by atoms with Crippen molar-refractivity contribution in [1.82, 2.24) is 15.8 Å². The normalized spacial score (nSPS) is 14.4. The Bertz CT molecular complexity index is 1290. The maximum absolute atomic E-state index is 12.8. The molecule has 0 atom stereocenters. The lowest BCUT2D eigenvalue weighted by atomic mass is 10.1. The number of nitrogens with two attached hydrogens (primary N) is 1. The zero-order valence-electron chi connectivity index (χ0n) is 21.9. The number of carbonyl (C=O) groups is 1. The number of ether oxygens (including phenoxy) is 1. The van der Waals surface area contributed by atoms with Crippen molar-refractivity contribution in [3.05, 3.63) is 48.3 Å². The van der Waals surface area contributed by atoms with E-state index in [0.717, 1.165) is 11.9 Å². The van der Waals surface area contributed by atoms with Gasteiger partial charge in [0, 0.05) is 45.1 Å². The topological polar surface area (TPSA) is 164 Å². The fraction of sp³-hybridized carbons (Fsp3) is 0.375. The van der Waals surface area contributed by atoms with Gasteiger partial charge in [-0.1, -0.05) is 0 Å². The van der Waals surface area contributed by atoms with Crippen molar-refractivity contribution in [3.63, 3.8) is 0 Å². The third-order valence-corrected chi connectivity index (χ3v) is 6.76. The number of aromatic nitrogens is 1. The van der Waals surface area contributed by atoms with Crippen molar-refractivity contribution < 1.29 is 22.8 Å². The lowest BCUT2D eigenvalue weighted by Crippen LogP contribution is -2.36. The Labute approximate surface area is 222 Å². The third kappa shape index (κ3) is 7.57. The molecule has 2 aromatic rings. The van der Waals surface area contributed by atoms with Gasteiger partial charge >= 0.3 is 0 Å². The average Bonchev–Trinajstić information content (AvgIpc) is 2.90. The molecule has 1 aromatic carbocycles. The molecule has 2 heterocycles. The van der Waals surface area contributed by atoms with Crippen LogP contribution in [-0.4, -0.2) is 78.4 Å². The molecule has 1 saturated heterocycles. The predicted octanol–water partition coefficient (Wildman–Crippen LogP) is 1.46. The van der Waals surface area contributed by atoms with Crippen LogP contribution in [0.4, 0.5) is 28.6 Å². The molecule has 1 aromatic heterocycles. The quantitative estimate of drug-likeness (QED) is 0.184. The first-order chi connectivity index (χ1) is 18.1. The number of aliphatic imine (C=N–C) groups is 1. The van der Waals surface area contributed by atoms with Crippen LogP contribution in [0.5, 0.6) is 0 Å². The number of nitrogens with zero attached hydrogens (tertiary/aromatic N) is 4. The van der Waals surface area contributed by atoms with Crippen molar-refractivity contribution in [2.24, 2.45) is 10.7 Å². The van der Waals surface area contributed by atoms with Gasteiger partial charge in [0.25, 0.3) is 5.91 Å². The van der Waals surface area contributed by atoms with Gasteiger partial charge in [0.15, 0.2) is 5.82 Å². The molecule has 0 radical (unpaired) electrons.